The summed E-state index contributed by atoms with van der Waals surface area (Å²) in [7, 11) is 2.83. The van der Waals surface area contributed by atoms with Gasteiger partial charge in [-0.05, 0) is 53.4 Å². The summed E-state index contributed by atoms with van der Waals surface area (Å²) < 4.78 is 18.6. The Bertz CT molecular complexity index is 1580. The number of hydrogen-bond donors (Lipinski definition) is 3. The van der Waals surface area contributed by atoms with Crippen LogP contribution in [0.4, 0.5) is 0 Å². The van der Waals surface area contributed by atoms with Crippen LogP contribution < -0.4 is 19.7 Å². The second-order valence-electron chi connectivity index (χ2n) is 10.8. The van der Waals surface area contributed by atoms with Gasteiger partial charge in [-0.2, -0.15) is 0 Å². The van der Waals surface area contributed by atoms with E-state index in [-0.39, 0.29) is 0 Å². The largest absolute Gasteiger partial charge is 0.496 e. The lowest BCUT2D eigenvalue weighted by Crippen LogP contribution is -2.52. The minimum Gasteiger partial charge on any atom is -0.496 e. The second-order valence-corrected chi connectivity index (χ2v) is 10.8. The third kappa shape index (κ3) is 4.14. The van der Waals surface area contributed by atoms with Crippen LogP contribution in [0.15, 0.2) is 97.1 Å². The highest BCUT2D eigenvalue weighted by Gasteiger charge is 2.78. The Labute approximate surface area is 244 Å². The summed E-state index contributed by atoms with van der Waals surface area (Å²) in [5.74, 6) is -1.21. The first-order valence-electron chi connectivity index (χ1n) is 13.8. The number of hydroxylamine groups is 1. The lowest BCUT2D eigenvalue weighted by atomic mass is 9.70. The lowest BCUT2D eigenvalue weighted by Gasteiger charge is -2.40. The van der Waals surface area contributed by atoms with Gasteiger partial charge in [0, 0.05) is 5.92 Å². The fourth-order valence-electron chi connectivity index (χ4n) is 6.70. The molecule has 2 aliphatic rings. The number of benzene rings is 4. The molecule has 1 saturated carbocycles. The molecule has 0 spiro atoms. The number of aryl methyl sites for hydroxylation is 1. The van der Waals surface area contributed by atoms with Gasteiger partial charge in [0.15, 0.2) is 11.2 Å². The van der Waals surface area contributed by atoms with Crippen molar-refractivity contribution in [1.29, 1.82) is 0 Å². The fourth-order valence-corrected chi connectivity index (χ4v) is 6.70. The summed E-state index contributed by atoms with van der Waals surface area (Å²) in [5.41, 5.74) is 2.13. The van der Waals surface area contributed by atoms with Crippen molar-refractivity contribution in [2.75, 3.05) is 14.2 Å². The van der Waals surface area contributed by atoms with E-state index in [2.05, 4.69) is 5.48 Å². The Morgan fingerprint density at radius 1 is 0.952 bits per heavy atom. The quantitative estimate of drug-likeness (QED) is 0.269. The van der Waals surface area contributed by atoms with Gasteiger partial charge in [-0.15, -0.1) is 0 Å². The van der Waals surface area contributed by atoms with Crippen LogP contribution in [0, 0.1) is 12.8 Å². The van der Waals surface area contributed by atoms with Crippen molar-refractivity contribution >= 4 is 5.91 Å². The molecule has 42 heavy (non-hydrogen) atoms. The monoisotopic (exact) mass is 567 g/mol. The molecule has 0 aromatic heterocycles. The number of methoxy groups -OCH3 is 1. The van der Waals surface area contributed by atoms with Gasteiger partial charge in [-0.3, -0.25) is 9.63 Å². The highest BCUT2D eigenvalue weighted by molar-refractivity contribution is 5.82. The molecule has 4 aromatic carbocycles. The Morgan fingerprint density at radius 3 is 2.26 bits per heavy atom. The number of carbonyl (C=O) groups is 1. The highest BCUT2D eigenvalue weighted by atomic mass is 16.6. The summed E-state index contributed by atoms with van der Waals surface area (Å²) >= 11 is 0. The zero-order chi connectivity index (χ0) is 29.5. The summed E-state index contributed by atoms with van der Waals surface area (Å²) in [6.07, 6.45) is -1.59. The predicted octanol–water partition coefficient (Wildman–Crippen LogP) is 4.51. The maximum atomic E-state index is 13.6. The molecule has 8 heteroatoms. The van der Waals surface area contributed by atoms with E-state index in [4.69, 9.17) is 19.0 Å². The summed E-state index contributed by atoms with van der Waals surface area (Å²) in [4.78, 5) is 18.5. The van der Waals surface area contributed by atoms with Crippen LogP contribution in [0.25, 0.3) is 0 Å². The molecule has 0 saturated heterocycles. The first-order chi connectivity index (χ1) is 20.3. The van der Waals surface area contributed by atoms with E-state index in [1.165, 1.54) is 14.2 Å². The zero-order valence-corrected chi connectivity index (χ0v) is 23.6. The Balaban J connectivity index is 1.54. The van der Waals surface area contributed by atoms with E-state index in [0.29, 0.717) is 40.5 Å². The molecule has 0 radical (unpaired) electrons. The van der Waals surface area contributed by atoms with Gasteiger partial charge < -0.3 is 24.4 Å². The Morgan fingerprint density at radius 2 is 1.62 bits per heavy atom. The minimum absolute atomic E-state index is 0.293. The average molecular weight is 568 g/mol. The molecule has 8 nitrogen and oxygen atoms in total. The molecule has 4 aromatic rings. The number of ether oxygens (including phenoxy) is 3. The molecule has 3 N–H and O–H groups in total. The molecular weight excluding hydrogens is 534 g/mol. The molecule has 6 rings (SSSR count). The number of amides is 1. The first kappa shape index (κ1) is 27.8. The summed E-state index contributed by atoms with van der Waals surface area (Å²) in [6, 6.07) is 30.0. The molecule has 1 amide bonds. The fraction of sp³-hybridized carbons (Fsp3) is 0.265. The van der Waals surface area contributed by atoms with E-state index in [0.717, 1.165) is 11.1 Å². The number of fused-ring (bicyclic) bond motifs is 3. The minimum atomic E-state index is -2.08. The standard InChI is InChI=1S/C34H33NO7/c1-21-18-26(39-2)30-27(19-21)42-34(24-14-16-25(17-15-24)41-20-22-10-6-4-7-11-22)29(23-12-8-5-9-13-23)28(32(37)35-40-3)31(36)33(30,34)38/h4-19,28-29,31,36,38H,20H2,1-3H3,(H,35,37)/t28-,29-,31+,33-,34-/m0/s1. The van der Waals surface area contributed by atoms with Gasteiger partial charge in [0.05, 0.1) is 25.7 Å². The molecule has 5 atom stereocenters. The van der Waals surface area contributed by atoms with Gasteiger partial charge in [0.1, 0.15) is 30.0 Å². The van der Waals surface area contributed by atoms with E-state index in [9.17, 15) is 15.0 Å². The van der Waals surface area contributed by atoms with Crippen molar-refractivity contribution in [3.8, 4) is 17.2 Å². The third-order valence-corrected chi connectivity index (χ3v) is 8.41. The molecule has 1 aliphatic heterocycles. The van der Waals surface area contributed by atoms with Gasteiger partial charge in [0.25, 0.3) is 0 Å². The SMILES string of the molecule is CONC(=O)[C@@H]1[C@@H](O)[C@@]2(O)c3c(OC)cc(C)cc3O[C@@]2(c2ccc(OCc3ccccc3)cc2)[C@H]1c1ccccc1. The molecule has 216 valence electrons. The number of nitrogens with one attached hydrogen (secondary N) is 1. The van der Waals surface area contributed by atoms with Gasteiger partial charge >= 0.3 is 0 Å². The second kappa shape index (κ2) is 10.8. The van der Waals surface area contributed by atoms with E-state index in [1.807, 2.05) is 85.8 Å². The van der Waals surface area contributed by atoms with Crippen molar-refractivity contribution in [2.24, 2.45) is 5.92 Å². The molecule has 0 unspecified atom stereocenters. The lowest BCUT2D eigenvalue weighted by molar-refractivity contribution is -0.157. The van der Waals surface area contributed by atoms with Gasteiger partial charge in [-0.1, -0.05) is 72.8 Å². The topological polar surface area (TPSA) is 106 Å². The van der Waals surface area contributed by atoms with Crippen molar-refractivity contribution in [3.05, 3.63) is 125 Å². The van der Waals surface area contributed by atoms with E-state index in [1.54, 1.807) is 18.2 Å². The molecule has 1 fully saturated rings. The highest BCUT2D eigenvalue weighted by Crippen LogP contribution is 2.70. The summed E-state index contributed by atoms with van der Waals surface area (Å²) in [5, 5.41) is 24.9. The Kier molecular flexibility index (Phi) is 7.14. The molecule has 1 heterocycles. The maximum absolute atomic E-state index is 13.6. The van der Waals surface area contributed by atoms with Crippen molar-refractivity contribution in [3.63, 3.8) is 0 Å². The number of aliphatic hydroxyl groups excluding tert-OH is 1. The van der Waals surface area contributed by atoms with E-state index >= 15 is 0 Å². The maximum Gasteiger partial charge on any atom is 0.250 e. The van der Waals surface area contributed by atoms with Crippen LogP contribution in [-0.2, 0) is 27.4 Å². The van der Waals surface area contributed by atoms with Crippen LogP contribution >= 0.6 is 0 Å². The van der Waals surface area contributed by atoms with Crippen molar-refractivity contribution in [2.45, 2.75) is 36.8 Å². The Hall–Kier alpha value is -4.37. The molecule has 1 aliphatic carbocycles. The zero-order valence-electron chi connectivity index (χ0n) is 23.6. The van der Waals surface area contributed by atoms with Gasteiger partial charge in [-0.25, -0.2) is 5.48 Å². The number of hydrogen-bond acceptors (Lipinski definition) is 7. The summed E-state index contributed by atoms with van der Waals surface area (Å²) in [6.45, 7) is 2.29. The van der Waals surface area contributed by atoms with Crippen molar-refractivity contribution in [1.82, 2.24) is 5.48 Å². The average Bonchev–Trinajstić information content (AvgIpc) is 3.39. The first-order valence-corrected chi connectivity index (χ1v) is 13.8. The number of rotatable bonds is 8. The van der Waals surface area contributed by atoms with Crippen LogP contribution in [-0.4, -0.2) is 36.4 Å². The molecule has 0 bridgehead atoms. The van der Waals surface area contributed by atoms with Crippen LogP contribution in [0.1, 0.15) is 33.7 Å². The number of aliphatic hydroxyl groups is 2. The van der Waals surface area contributed by atoms with Crippen LogP contribution in [0.2, 0.25) is 0 Å². The van der Waals surface area contributed by atoms with E-state index < -0.39 is 35.0 Å². The normalized spacial score (nSPS) is 25.7. The third-order valence-electron chi connectivity index (χ3n) is 8.41. The van der Waals surface area contributed by atoms with Crippen LogP contribution in [0.3, 0.4) is 0 Å². The number of carbonyl (C=O) groups excluding carboxylic acids is 1. The smallest absolute Gasteiger partial charge is 0.250 e. The van der Waals surface area contributed by atoms with Crippen molar-refractivity contribution < 1.29 is 34.1 Å². The van der Waals surface area contributed by atoms with Gasteiger partial charge in [0.2, 0.25) is 5.91 Å². The predicted molar refractivity (Wildman–Crippen MR) is 155 cm³/mol. The van der Waals surface area contributed by atoms with Crippen LogP contribution in [0.5, 0.6) is 17.2 Å². The molecular formula is C34H33NO7.